The largest absolute Gasteiger partial charge is 0.312 e. The summed E-state index contributed by atoms with van der Waals surface area (Å²) in [4.78, 5) is 2.46. The van der Waals surface area contributed by atoms with Crippen LogP contribution in [0.15, 0.2) is 24.3 Å². The van der Waals surface area contributed by atoms with E-state index in [1.807, 2.05) is 0 Å². The molecule has 1 saturated carbocycles. The molecule has 1 aromatic rings. The van der Waals surface area contributed by atoms with E-state index in [2.05, 4.69) is 69.2 Å². The van der Waals surface area contributed by atoms with Crippen LogP contribution in [0.25, 0.3) is 0 Å². The molecular formula is C19H32N2. The molecule has 2 unspecified atom stereocenters. The molecule has 1 aliphatic carbocycles. The SMILES string of the molecule is CC1CC1CN(C)Cc1ccc(CCNC(C)(C)C)cc1. The molecule has 0 heterocycles. The summed E-state index contributed by atoms with van der Waals surface area (Å²) in [6, 6.07) is 9.15. The number of benzene rings is 1. The van der Waals surface area contributed by atoms with E-state index in [9.17, 15) is 0 Å². The van der Waals surface area contributed by atoms with E-state index in [4.69, 9.17) is 0 Å². The highest BCUT2D eigenvalue weighted by Gasteiger charge is 2.32. The molecule has 2 heteroatoms. The van der Waals surface area contributed by atoms with E-state index in [0.29, 0.717) is 0 Å². The van der Waals surface area contributed by atoms with Crippen molar-refractivity contribution in [2.45, 2.75) is 52.6 Å². The number of hydrogen-bond acceptors (Lipinski definition) is 2. The lowest BCUT2D eigenvalue weighted by Crippen LogP contribution is -2.37. The standard InChI is InChI=1S/C19H32N2/c1-15-12-18(15)14-21(5)13-17-8-6-16(7-9-17)10-11-20-19(2,3)4/h6-9,15,18,20H,10-14H2,1-5H3. The molecular weight excluding hydrogens is 256 g/mol. The number of hydrogen-bond donors (Lipinski definition) is 1. The van der Waals surface area contributed by atoms with Crippen LogP contribution in [0, 0.1) is 11.8 Å². The molecule has 0 aliphatic heterocycles. The van der Waals surface area contributed by atoms with Crippen LogP contribution in [0.1, 0.15) is 45.2 Å². The summed E-state index contributed by atoms with van der Waals surface area (Å²) in [6.45, 7) is 12.4. The Morgan fingerprint density at radius 1 is 1.14 bits per heavy atom. The van der Waals surface area contributed by atoms with Crippen molar-refractivity contribution in [1.29, 1.82) is 0 Å². The Morgan fingerprint density at radius 2 is 1.71 bits per heavy atom. The van der Waals surface area contributed by atoms with E-state index in [0.717, 1.165) is 31.3 Å². The van der Waals surface area contributed by atoms with Gasteiger partial charge in [-0.1, -0.05) is 31.2 Å². The van der Waals surface area contributed by atoms with Crippen molar-refractivity contribution in [3.05, 3.63) is 35.4 Å². The molecule has 0 radical (unpaired) electrons. The van der Waals surface area contributed by atoms with E-state index < -0.39 is 0 Å². The molecule has 0 spiro atoms. The maximum Gasteiger partial charge on any atom is 0.0230 e. The van der Waals surface area contributed by atoms with Crippen molar-refractivity contribution in [1.82, 2.24) is 10.2 Å². The van der Waals surface area contributed by atoms with Crippen LogP contribution in [-0.4, -0.2) is 30.6 Å². The Kier molecular flexibility index (Phi) is 5.45. The third kappa shape index (κ3) is 6.19. The molecule has 21 heavy (non-hydrogen) atoms. The van der Waals surface area contributed by atoms with Crippen molar-refractivity contribution >= 4 is 0 Å². The van der Waals surface area contributed by atoms with Crippen LogP contribution in [0.5, 0.6) is 0 Å². The quantitative estimate of drug-likeness (QED) is 0.823. The van der Waals surface area contributed by atoms with Gasteiger partial charge >= 0.3 is 0 Å². The monoisotopic (exact) mass is 288 g/mol. The number of nitrogens with zero attached hydrogens (tertiary/aromatic N) is 1. The molecule has 0 bridgehead atoms. The van der Waals surface area contributed by atoms with E-state index in [1.165, 1.54) is 24.1 Å². The van der Waals surface area contributed by atoms with Gasteiger partial charge in [0.1, 0.15) is 0 Å². The first-order valence-electron chi connectivity index (χ1n) is 8.35. The fraction of sp³-hybridized carbons (Fsp3) is 0.684. The van der Waals surface area contributed by atoms with Crippen LogP contribution in [0.2, 0.25) is 0 Å². The van der Waals surface area contributed by atoms with Crippen molar-refractivity contribution < 1.29 is 0 Å². The van der Waals surface area contributed by atoms with Crippen molar-refractivity contribution in [3.8, 4) is 0 Å². The topological polar surface area (TPSA) is 15.3 Å². The van der Waals surface area contributed by atoms with Crippen LogP contribution in [0.4, 0.5) is 0 Å². The summed E-state index contributed by atoms with van der Waals surface area (Å²) >= 11 is 0. The van der Waals surface area contributed by atoms with Gasteiger partial charge in [-0.25, -0.2) is 0 Å². The molecule has 0 saturated heterocycles. The first kappa shape index (κ1) is 16.5. The van der Waals surface area contributed by atoms with Crippen molar-refractivity contribution in [2.75, 3.05) is 20.1 Å². The second-order valence-electron chi connectivity index (χ2n) is 7.91. The Labute approximate surface area is 130 Å². The van der Waals surface area contributed by atoms with Gasteiger partial charge in [0.15, 0.2) is 0 Å². The maximum atomic E-state index is 3.54. The molecule has 1 N–H and O–H groups in total. The zero-order chi connectivity index (χ0) is 15.5. The number of nitrogens with one attached hydrogen (secondary N) is 1. The first-order valence-corrected chi connectivity index (χ1v) is 8.35. The highest BCUT2D eigenvalue weighted by Crippen LogP contribution is 2.38. The highest BCUT2D eigenvalue weighted by molar-refractivity contribution is 5.22. The van der Waals surface area contributed by atoms with Gasteiger partial charge in [0.25, 0.3) is 0 Å². The maximum absolute atomic E-state index is 3.54. The highest BCUT2D eigenvalue weighted by atomic mass is 15.1. The average Bonchev–Trinajstić information content (AvgIpc) is 3.05. The molecule has 2 atom stereocenters. The average molecular weight is 288 g/mol. The molecule has 0 amide bonds. The van der Waals surface area contributed by atoms with E-state index in [-0.39, 0.29) is 5.54 Å². The van der Waals surface area contributed by atoms with Gasteiger partial charge < -0.3 is 10.2 Å². The minimum Gasteiger partial charge on any atom is -0.312 e. The van der Waals surface area contributed by atoms with Gasteiger partial charge in [-0.3, -0.25) is 0 Å². The van der Waals surface area contributed by atoms with Crippen LogP contribution in [0.3, 0.4) is 0 Å². The Morgan fingerprint density at radius 3 is 2.24 bits per heavy atom. The third-order valence-electron chi connectivity index (χ3n) is 4.37. The summed E-state index contributed by atoms with van der Waals surface area (Å²) in [5.74, 6) is 1.89. The number of rotatable bonds is 7. The summed E-state index contributed by atoms with van der Waals surface area (Å²) in [5, 5.41) is 3.54. The molecule has 1 aliphatic rings. The van der Waals surface area contributed by atoms with Crippen LogP contribution in [-0.2, 0) is 13.0 Å². The summed E-state index contributed by atoms with van der Waals surface area (Å²) in [6.07, 6.45) is 2.52. The smallest absolute Gasteiger partial charge is 0.0230 e. The fourth-order valence-corrected chi connectivity index (χ4v) is 2.82. The van der Waals surface area contributed by atoms with Crippen molar-refractivity contribution in [3.63, 3.8) is 0 Å². The zero-order valence-electron chi connectivity index (χ0n) is 14.4. The van der Waals surface area contributed by atoms with Gasteiger partial charge in [0.05, 0.1) is 0 Å². The summed E-state index contributed by atoms with van der Waals surface area (Å²) in [5.41, 5.74) is 3.06. The lowest BCUT2D eigenvalue weighted by Gasteiger charge is -2.20. The van der Waals surface area contributed by atoms with E-state index >= 15 is 0 Å². The molecule has 118 valence electrons. The second kappa shape index (κ2) is 6.93. The second-order valence-corrected chi connectivity index (χ2v) is 7.91. The lowest BCUT2D eigenvalue weighted by atomic mass is 10.1. The molecule has 2 rings (SSSR count). The van der Waals surface area contributed by atoms with Crippen LogP contribution >= 0.6 is 0 Å². The minimum absolute atomic E-state index is 0.211. The Hall–Kier alpha value is -0.860. The lowest BCUT2D eigenvalue weighted by molar-refractivity contribution is 0.307. The summed E-state index contributed by atoms with van der Waals surface area (Å²) in [7, 11) is 2.24. The van der Waals surface area contributed by atoms with Gasteiger partial charge in [0, 0.05) is 18.6 Å². The normalized spacial score (nSPS) is 21.8. The van der Waals surface area contributed by atoms with Gasteiger partial charge in [-0.15, -0.1) is 0 Å². The predicted molar refractivity (Wildman–Crippen MR) is 91.5 cm³/mol. The van der Waals surface area contributed by atoms with Crippen molar-refractivity contribution in [2.24, 2.45) is 11.8 Å². The Bertz CT molecular complexity index is 430. The van der Waals surface area contributed by atoms with E-state index in [1.54, 1.807) is 0 Å². The molecule has 1 aromatic carbocycles. The Balaban J connectivity index is 1.73. The minimum atomic E-state index is 0.211. The van der Waals surface area contributed by atoms with Crippen LogP contribution < -0.4 is 5.32 Å². The molecule has 1 fully saturated rings. The zero-order valence-corrected chi connectivity index (χ0v) is 14.4. The molecule has 0 aromatic heterocycles. The molecule has 2 nitrogen and oxygen atoms in total. The third-order valence-corrected chi connectivity index (χ3v) is 4.37. The predicted octanol–water partition coefficient (Wildman–Crippen LogP) is 3.71. The van der Waals surface area contributed by atoms with Gasteiger partial charge in [-0.05, 0) is 70.2 Å². The fourth-order valence-electron chi connectivity index (χ4n) is 2.82. The van der Waals surface area contributed by atoms with Gasteiger partial charge in [-0.2, -0.15) is 0 Å². The summed E-state index contributed by atoms with van der Waals surface area (Å²) < 4.78 is 0. The van der Waals surface area contributed by atoms with Gasteiger partial charge in [0.2, 0.25) is 0 Å². The first-order chi connectivity index (χ1) is 9.83.